The molecule has 0 aliphatic carbocycles. The lowest BCUT2D eigenvalue weighted by molar-refractivity contribution is -0.121. The number of anilines is 1. The zero-order chi connectivity index (χ0) is 15.6. The standard InChI is InChI=1S/C13H15F4N3O/c1-7(20-4-2-18-3-5-20)13(21)19-12-10(16)8(14)6-9(15)11(12)17/h6-7,18H,2-5H2,1H3,(H,19,21). The minimum absolute atomic E-state index is 0.0973. The van der Waals surface area contributed by atoms with Crippen LogP contribution in [0.15, 0.2) is 6.07 Å². The van der Waals surface area contributed by atoms with Gasteiger partial charge in [0.25, 0.3) is 0 Å². The molecular weight excluding hydrogens is 290 g/mol. The Labute approximate surface area is 119 Å². The first-order valence-corrected chi connectivity index (χ1v) is 6.50. The number of rotatable bonds is 3. The van der Waals surface area contributed by atoms with E-state index in [-0.39, 0.29) is 6.07 Å². The van der Waals surface area contributed by atoms with Gasteiger partial charge in [-0.15, -0.1) is 0 Å². The minimum Gasteiger partial charge on any atom is -0.320 e. The summed E-state index contributed by atoms with van der Waals surface area (Å²) in [6.07, 6.45) is 0. The van der Waals surface area contributed by atoms with Crippen molar-refractivity contribution in [3.63, 3.8) is 0 Å². The van der Waals surface area contributed by atoms with Gasteiger partial charge in [0.2, 0.25) is 5.91 Å². The highest BCUT2D eigenvalue weighted by atomic mass is 19.2. The average Bonchev–Trinajstić information content (AvgIpc) is 2.49. The van der Waals surface area contributed by atoms with Gasteiger partial charge >= 0.3 is 0 Å². The third-order valence-electron chi connectivity index (χ3n) is 3.44. The smallest absolute Gasteiger partial charge is 0.241 e. The van der Waals surface area contributed by atoms with Crippen LogP contribution in [0.4, 0.5) is 23.2 Å². The highest BCUT2D eigenvalue weighted by Crippen LogP contribution is 2.24. The van der Waals surface area contributed by atoms with Gasteiger partial charge in [0, 0.05) is 32.2 Å². The number of nitrogens with zero attached hydrogens (tertiary/aromatic N) is 1. The Bertz CT molecular complexity index is 520. The van der Waals surface area contributed by atoms with Crippen molar-refractivity contribution in [1.29, 1.82) is 0 Å². The first-order chi connectivity index (χ1) is 9.91. The second-order valence-electron chi connectivity index (χ2n) is 4.79. The first kappa shape index (κ1) is 15.7. The number of hydrogen-bond donors (Lipinski definition) is 2. The zero-order valence-corrected chi connectivity index (χ0v) is 11.4. The van der Waals surface area contributed by atoms with Crippen LogP contribution in [-0.4, -0.2) is 43.0 Å². The van der Waals surface area contributed by atoms with Crippen LogP contribution in [-0.2, 0) is 4.79 Å². The highest BCUT2D eigenvalue weighted by molar-refractivity contribution is 5.94. The van der Waals surface area contributed by atoms with Crippen LogP contribution in [0.1, 0.15) is 6.92 Å². The molecule has 1 saturated heterocycles. The number of hydrogen-bond acceptors (Lipinski definition) is 3. The largest absolute Gasteiger partial charge is 0.320 e. The number of piperazine rings is 1. The fraction of sp³-hybridized carbons (Fsp3) is 0.462. The lowest BCUT2D eigenvalue weighted by Gasteiger charge is -2.31. The van der Waals surface area contributed by atoms with Crippen LogP contribution in [0.3, 0.4) is 0 Å². The molecule has 1 unspecified atom stereocenters. The van der Waals surface area contributed by atoms with E-state index in [9.17, 15) is 22.4 Å². The van der Waals surface area contributed by atoms with Crippen LogP contribution in [0.2, 0.25) is 0 Å². The second-order valence-corrected chi connectivity index (χ2v) is 4.79. The van der Waals surface area contributed by atoms with E-state index < -0.39 is 40.9 Å². The number of benzene rings is 1. The quantitative estimate of drug-likeness (QED) is 0.657. The zero-order valence-electron chi connectivity index (χ0n) is 11.4. The first-order valence-electron chi connectivity index (χ1n) is 6.50. The van der Waals surface area contributed by atoms with E-state index in [4.69, 9.17) is 0 Å². The van der Waals surface area contributed by atoms with Crippen LogP contribution in [0.5, 0.6) is 0 Å². The molecule has 0 aromatic heterocycles. The van der Waals surface area contributed by atoms with Gasteiger partial charge in [0.05, 0.1) is 6.04 Å². The Kier molecular flexibility index (Phi) is 4.79. The maximum Gasteiger partial charge on any atom is 0.241 e. The molecule has 1 atom stereocenters. The molecule has 4 nitrogen and oxygen atoms in total. The van der Waals surface area contributed by atoms with Crippen molar-refractivity contribution in [2.75, 3.05) is 31.5 Å². The maximum absolute atomic E-state index is 13.5. The summed E-state index contributed by atoms with van der Waals surface area (Å²) >= 11 is 0. The van der Waals surface area contributed by atoms with E-state index in [0.717, 1.165) is 0 Å². The van der Waals surface area contributed by atoms with Crippen molar-refractivity contribution in [2.24, 2.45) is 0 Å². The molecule has 1 amide bonds. The van der Waals surface area contributed by atoms with E-state index in [1.165, 1.54) is 0 Å². The van der Waals surface area contributed by atoms with Gasteiger partial charge in [0.1, 0.15) is 5.69 Å². The Morgan fingerprint density at radius 2 is 1.71 bits per heavy atom. The number of nitrogens with one attached hydrogen (secondary N) is 2. The van der Waals surface area contributed by atoms with Gasteiger partial charge in [-0.2, -0.15) is 0 Å². The van der Waals surface area contributed by atoms with E-state index in [1.807, 2.05) is 5.32 Å². The van der Waals surface area contributed by atoms with Crippen molar-refractivity contribution >= 4 is 11.6 Å². The molecule has 0 spiro atoms. The molecule has 1 fully saturated rings. The van der Waals surface area contributed by atoms with Gasteiger partial charge in [-0.25, -0.2) is 17.6 Å². The SMILES string of the molecule is CC(C(=O)Nc1c(F)c(F)cc(F)c1F)N1CCNCC1. The van der Waals surface area contributed by atoms with Crippen molar-refractivity contribution in [3.8, 4) is 0 Å². The molecule has 1 aromatic rings. The highest BCUT2D eigenvalue weighted by Gasteiger charge is 2.26. The van der Waals surface area contributed by atoms with E-state index >= 15 is 0 Å². The van der Waals surface area contributed by atoms with Gasteiger partial charge in [-0.05, 0) is 6.92 Å². The van der Waals surface area contributed by atoms with Crippen molar-refractivity contribution in [2.45, 2.75) is 13.0 Å². The summed E-state index contributed by atoms with van der Waals surface area (Å²) in [4.78, 5) is 13.8. The molecule has 0 saturated carbocycles. The molecule has 21 heavy (non-hydrogen) atoms. The summed E-state index contributed by atoms with van der Waals surface area (Å²) in [6, 6.07) is -0.572. The summed E-state index contributed by atoms with van der Waals surface area (Å²) in [6.45, 7) is 4.13. The van der Waals surface area contributed by atoms with Crippen LogP contribution >= 0.6 is 0 Å². The van der Waals surface area contributed by atoms with E-state index in [2.05, 4.69) is 5.32 Å². The lowest BCUT2D eigenvalue weighted by Crippen LogP contribution is -2.51. The molecule has 2 N–H and O–H groups in total. The topological polar surface area (TPSA) is 44.4 Å². The minimum atomic E-state index is -1.62. The monoisotopic (exact) mass is 305 g/mol. The van der Waals surface area contributed by atoms with E-state index in [0.29, 0.717) is 26.2 Å². The summed E-state index contributed by atoms with van der Waals surface area (Å²) in [5.41, 5.74) is -1.10. The summed E-state index contributed by atoms with van der Waals surface area (Å²) in [5, 5.41) is 5.03. The summed E-state index contributed by atoms with van der Waals surface area (Å²) < 4.78 is 53.1. The molecule has 8 heteroatoms. The molecular formula is C13H15F4N3O. The predicted octanol–water partition coefficient (Wildman–Crippen LogP) is 1.48. The molecule has 1 aromatic carbocycles. The Morgan fingerprint density at radius 1 is 1.19 bits per heavy atom. The fourth-order valence-corrected chi connectivity index (χ4v) is 2.15. The third kappa shape index (κ3) is 3.33. The molecule has 2 rings (SSSR count). The number of amides is 1. The normalized spacial score (nSPS) is 17.6. The molecule has 116 valence electrons. The predicted molar refractivity (Wildman–Crippen MR) is 68.8 cm³/mol. The van der Waals surface area contributed by atoms with Gasteiger partial charge in [-0.1, -0.05) is 0 Å². The molecule has 0 radical (unpaired) electrons. The van der Waals surface area contributed by atoms with Crippen molar-refractivity contribution in [1.82, 2.24) is 10.2 Å². The second kappa shape index (κ2) is 6.40. The summed E-state index contributed by atoms with van der Waals surface area (Å²) in [5.74, 6) is -7.07. The molecule has 1 heterocycles. The van der Waals surface area contributed by atoms with Gasteiger partial charge in [-0.3, -0.25) is 9.69 Å². The van der Waals surface area contributed by atoms with Crippen LogP contribution in [0.25, 0.3) is 0 Å². The molecule has 0 bridgehead atoms. The Morgan fingerprint density at radius 3 is 2.24 bits per heavy atom. The van der Waals surface area contributed by atoms with Gasteiger partial charge in [0.15, 0.2) is 23.3 Å². The van der Waals surface area contributed by atoms with Gasteiger partial charge < -0.3 is 10.6 Å². The summed E-state index contributed by atoms with van der Waals surface area (Å²) in [7, 11) is 0. The Hall–Kier alpha value is -1.67. The molecule has 1 aliphatic rings. The number of carbonyl (C=O) groups excluding carboxylic acids is 1. The number of carbonyl (C=O) groups is 1. The van der Waals surface area contributed by atoms with Crippen LogP contribution < -0.4 is 10.6 Å². The maximum atomic E-state index is 13.5. The fourth-order valence-electron chi connectivity index (χ4n) is 2.15. The van der Waals surface area contributed by atoms with Crippen molar-refractivity contribution in [3.05, 3.63) is 29.3 Å². The van der Waals surface area contributed by atoms with Crippen molar-refractivity contribution < 1.29 is 22.4 Å². The third-order valence-corrected chi connectivity index (χ3v) is 3.44. The van der Waals surface area contributed by atoms with E-state index in [1.54, 1.807) is 11.8 Å². The molecule has 1 aliphatic heterocycles. The number of halogens is 4. The van der Waals surface area contributed by atoms with Crippen LogP contribution in [0, 0.1) is 23.3 Å². The Balaban J connectivity index is 2.16. The lowest BCUT2D eigenvalue weighted by atomic mass is 10.2. The average molecular weight is 305 g/mol.